The van der Waals surface area contributed by atoms with Crippen molar-refractivity contribution in [2.75, 3.05) is 0 Å². The second-order valence-corrected chi connectivity index (χ2v) is 11.8. The summed E-state index contributed by atoms with van der Waals surface area (Å²) in [5.41, 5.74) is 2.35. The lowest BCUT2D eigenvalue weighted by atomic mass is 9.89. The molecule has 3 heterocycles. The molecule has 1 aliphatic carbocycles. The molecule has 4 aromatic rings. The fourth-order valence-electron chi connectivity index (χ4n) is 5.15. The third-order valence-corrected chi connectivity index (χ3v) is 8.75. The van der Waals surface area contributed by atoms with Crippen LogP contribution in [0.25, 0.3) is 55.7 Å². The van der Waals surface area contributed by atoms with Gasteiger partial charge in [-0.25, -0.2) is 4.79 Å². The Hall–Kier alpha value is -4.61. The van der Waals surface area contributed by atoms with E-state index in [1.165, 1.54) is 18.3 Å². The second kappa shape index (κ2) is 10.6. The Morgan fingerprint density at radius 3 is 2.12 bits per heavy atom. The van der Waals surface area contributed by atoms with Crippen molar-refractivity contribution >= 4 is 50.3 Å². The highest BCUT2D eigenvalue weighted by atomic mass is 35.5. The van der Waals surface area contributed by atoms with Gasteiger partial charge in [0, 0.05) is 69.6 Å². The molecule has 6 rings (SSSR count). The van der Waals surface area contributed by atoms with E-state index in [1.807, 2.05) is 13.0 Å². The Kier molecular flexibility index (Phi) is 7.02. The van der Waals surface area contributed by atoms with Gasteiger partial charge in [-0.05, 0) is 54.4 Å². The molecule has 43 heavy (non-hydrogen) atoms. The molecule has 0 bridgehead atoms. The van der Waals surface area contributed by atoms with Gasteiger partial charge in [-0.2, -0.15) is 8.42 Å². The lowest BCUT2D eigenvalue weighted by molar-refractivity contribution is 0.0697. The summed E-state index contributed by atoms with van der Waals surface area (Å²) < 4.78 is 42.3. The highest BCUT2D eigenvalue weighted by molar-refractivity contribution is 7.86. The van der Waals surface area contributed by atoms with Crippen molar-refractivity contribution in [1.82, 2.24) is 9.97 Å². The second-order valence-electron chi connectivity index (χ2n) is 9.67. The number of benzene rings is 3. The van der Waals surface area contributed by atoms with Crippen LogP contribution in [-0.4, -0.2) is 34.0 Å². The number of rotatable bonds is 5. The van der Waals surface area contributed by atoms with E-state index in [2.05, 4.69) is 9.97 Å². The average molecular weight is 633 g/mol. The summed E-state index contributed by atoms with van der Waals surface area (Å²) in [6, 6.07) is 14.2. The Labute approximate surface area is 254 Å². The Morgan fingerprint density at radius 2 is 1.53 bits per heavy atom. The fourth-order valence-corrected chi connectivity index (χ4v) is 6.83. The van der Waals surface area contributed by atoms with Gasteiger partial charge < -0.3 is 9.52 Å². The normalized spacial score (nSPS) is 11.7. The number of hydrogen-bond donors (Lipinski definition) is 2. The first-order chi connectivity index (χ1) is 20.5. The lowest BCUT2D eigenvalue weighted by Gasteiger charge is -2.21. The van der Waals surface area contributed by atoms with Crippen molar-refractivity contribution in [2.45, 2.75) is 11.8 Å². The molecule has 0 saturated heterocycles. The van der Waals surface area contributed by atoms with Gasteiger partial charge >= 0.3 is 5.97 Å². The Balaban J connectivity index is 1.86. The third kappa shape index (κ3) is 4.94. The number of carbonyl (C=O) groups is 1. The van der Waals surface area contributed by atoms with E-state index in [0.717, 1.165) is 22.8 Å². The van der Waals surface area contributed by atoms with Crippen molar-refractivity contribution in [3.05, 3.63) is 111 Å². The predicted octanol–water partition coefficient (Wildman–Crippen LogP) is 7.25. The topological polar surface area (TPSA) is 148 Å². The van der Waals surface area contributed by atoms with Crippen molar-refractivity contribution in [3.8, 4) is 44.7 Å². The number of nitrogens with zero attached hydrogens (tertiary/aromatic N) is 2. The summed E-state index contributed by atoms with van der Waals surface area (Å²) in [4.78, 5) is 32.6. The molecule has 2 aromatic carbocycles. The summed E-state index contributed by atoms with van der Waals surface area (Å²) in [7, 11) is -5.16. The molecule has 0 amide bonds. The summed E-state index contributed by atoms with van der Waals surface area (Å²) in [5, 5.41) is 8.99. The number of fused-ring (bicyclic) bond motifs is 2. The van der Waals surface area contributed by atoms with Crippen LogP contribution in [0.4, 0.5) is 0 Å². The van der Waals surface area contributed by atoms with Crippen LogP contribution < -0.4 is 5.43 Å². The van der Waals surface area contributed by atoms with Gasteiger partial charge in [-0.3, -0.25) is 19.3 Å². The maximum absolute atomic E-state index is 13.2. The molecule has 0 atom stereocenters. The average Bonchev–Trinajstić information content (AvgIpc) is 2.96. The number of pyridine rings is 2. The van der Waals surface area contributed by atoms with Crippen LogP contribution in [0.3, 0.4) is 0 Å². The van der Waals surface area contributed by atoms with Crippen LogP contribution in [0.1, 0.15) is 15.9 Å². The quantitative estimate of drug-likeness (QED) is 0.148. The van der Waals surface area contributed by atoms with Gasteiger partial charge in [0.1, 0.15) is 16.2 Å². The maximum Gasteiger partial charge on any atom is 0.337 e. The van der Waals surface area contributed by atoms with Crippen LogP contribution in [0, 0.1) is 6.92 Å². The molecule has 9 nitrogen and oxygen atoms in total. The van der Waals surface area contributed by atoms with Crippen LogP contribution in [-0.2, 0) is 10.1 Å². The number of aryl methyl sites for hydroxylation is 1. The fraction of sp³-hybridized carbons (Fsp3) is 0.0323. The van der Waals surface area contributed by atoms with Crippen LogP contribution >= 0.6 is 23.2 Å². The lowest BCUT2D eigenvalue weighted by Crippen LogP contribution is -2.10. The Bertz CT molecular complexity index is 2240. The molecule has 0 radical (unpaired) electrons. The summed E-state index contributed by atoms with van der Waals surface area (Å²) in [6.07, 6.45) is 6.33. The predicted molar refractivity (Wildman–Crippen MR) is 163 cm³/mol. The monoisotopic (exact) mass is 632 g/mol. The van der Waals surface area contributed by atoms with E-state index in [0.29, 0.717) is 10.9 Å². The summed E-state index contributed by atoms with van der Waals surface area (Å²) in [6.45, 7) is 1.85. The van der Waals surface area contributed by atoms with Crippen molar-refractivity contribution in [1.29, 1.82) is 0 Å². The zero-order valence-electron chi connectivity index (χ0n) is 22.0. The number of carboxylic acid groups (broad SMARTS) is 1. The van der Waals surface area contributed by atoms with E-state index in [-0.39, 0.29) is 38.6 Å². The standard InChI is InChI=1S/C31H18Cl2N2O7S/c1-15-8-25-20(9-18(15)16-4-2-6-34-13-16)27(28-23(32)11-22(31(37)38)29(33)30(28)43(39,40)41)21-10-19(17-5-3-7-35-14-17)24(36)12-26(21)42-25/h2-14H,1H3,(H,37,38)(H,39,40,41). The molecule has 2 aliphatic rings. The molecule has 214 valence electrons. The zero-order valence-corrected chi connectivity index (χ0v) is 24.3. The molecule has 1 aliphatic heterocycles. The first-order valence-electron chi connectivity index (χ1n) is 12.5. The molecule has 0 spiro atoms. The van der Waals surface area contributed by atoms with E-state index in [4.69, 9.17) is 27.6 Å². The number of hydrogen-bond acceptors (Lipinski definition) is 7. The van der Waals surface area contributed by atoms with E-state index in [1.54, 1.807) is 48.9 Å². The highest BCUT2D eigenvalue weighted by Crippen LogP contribution is 2.49. The minimum atomic E-state index is -5.16. The van der Waals surface area contributed by atoms with E-state index >= 15 is 0 Å². The molecule has 0 saturated carbocycles. The van der Waals surface area contributed by atoms with Gasteiger partial charge in [0.2, 0.25) is 0 Å². The SMILES string of the molecule is Cc1cc2oc3cc(=O)c(-c4cccnc4)cc-3c(-c3c(Cl)cc(C(=O)O)c(Cl)c3S(=O)(=O)O)c2cc1-c1cccnc1. The highest BCUT2D eigenvalue weighted by Gasteiger charge is 2.32. The van der Waals surface area contributed by atoms with E-state index < -0.39 is 37.0 Å². The smallest absolute Gasteiger partial charge is 0.337 e. The molecule has 12 heteroatoms. The molecule has 2 aromatic heterocycles. The Morgan fingerprint density at radius 1 is 0.884 bits per heavy atom. The van der Waals surface area contributed by atoms with Gasteiger partial charge in [0.15, 0.2) is 5.43 Å². The largest absolute Gasteiger partial charge is 0.478 e. The zero-order chi connectivity index (χ0) is 30.6. The summed E-state index contributed by atoms with van der Waals surface area (Å²) >= 11 is 13.0. The van der Waals surface area contributed by atoms with Crippen molar-refractivity contribution in [2.24, 2.45) is 0 Å². The third-order valence-electron chi connectivity index (χ3n) is 7.02. The minimum Gasteiger partial charge on any atom is -0.478 e. The number of aromatic carboxylic acids is 1. The van der Waals surface area contributed by atoms with Gasteiger partial charge in [0.25, 0.3) is 10.1 Å². The number of aromatic nitrogens is 2. The minimum absolute atomic E-state index is 0.0875. The van der Waals surface area contributed by atoms with Crippen LogP contribution in [0.5, 0.6) is 0 Å². The van der Waals surface area contributed by atoms with Gasteiger partial charge in [-0.15, -0.1) is 0 Å². The molecule has 2 N–H and O–H groups in total. The van der Waals surface area contributed by atoms with Crippen LogP contribution in [0.2, 0.25) is 10.0 Å². The molecule has 0 unspecified atom stereocenters. The number of halogens is 2. The molecular formula is C31H18Cl2N2O7S. The van der Waals surface area contributed by atoms with Crippen molar-refractivity contribution < 1.29 is 27.3 Å². The number of carboxylic acids is 1. The molecule has 0 fully saturated rings. The summed E-state index contributed by atoms with van der Waals surface area (Å²) in [5.74, 6) is -1.46. The first-order valence-corrected chi connectivity index (χ1v) is 14.7. The van der Waals surface area contributed by atoms with Gasteiger partial charge in [0.05, 0.1) is 15.6 Å². The van der Waals surface area contributed by atoms with E-state index in [9.17, 15) is 27.7 Å². The molecular weight excluding hydrogens is 615 g/mol. The van der Waals surface area contributed by atoms with Crippen molar-refractivity contribution in [3.63, 3.8) is 0 Å². The van der Waals surface area contributed by atoms with Crippen LogP contribution in [0.15, 0.2) is 93.5 Å². The van der Waals surface area contributed by atoms with Gasteiger partial charge in [-0.1, -0.05) is 35.3 Å². The first kappa shape index (κ1) is 28.5. The maximum atomic E-state index is 13.2.